The van der Waals surface area contributed by atoms with Gasteiger partial charge in [0.15, 0.2) is 0 Å². The van der Waals surface area contributed by atoms with E-state index in [-0.39, 0.29) is 16.9 Å². The minimum Gasteiger partial charge on any atom is -0.459 e. The van der Waals surface area contributed by atoms with Gasteiger partial charge in [0.1, 0.15) is 22.2 Å². The zero-order chi connectivity index (χ0) is 15.9. The SMILES string of the molecule is Cc1c(C(C)Nc2cn[nH]c(=O)c2Cl)oc2ccc(F)cc12. The Morgan fingerprint density at radius 3 is 3.00 bits per heavy atom. The first-order valence-electron chi connectivity index (χ1n) is 6.65. The van der Waals surface area contributed by atoms with Crippen molar-refractivity contribution in [3.63, 3.8) is 0 Å². The summed E-state index contributed by atoms with van der Waals surface area (Å²) in [5, 5.41) is 9.79. The topological polar surface area (TPSA) is 70.9 Å². The van der Waals surface area contributed by atoms with Gasteiger partial charge in [0.25, 0.3) is 5.56 Å². The third-order valence-electron chi connectivity index (χ3n) is 3.50. The standard InChI is InChI=1S/C15H13ClFN3O2/c1-7-10-5-9(17)3-4-12(10)22-14(7)8(2)19-11-6-18-20-15(21)13(11)16/h3-6,8H,1-2H3,(H2,19,20,21). The number of aromatic amines is 1. The number of halogens is 2. The van der Waals surface area contributed by atoms with Crippen LogP contribution in [0.25, 0.3) is 11.0 Å². The third-order valence-corrected chi connectivity index (χ3v) is 3.87. The Labute approximate surface area is 130 Å². The fraction of sp³-hybridized carbons (Fsp3) is 0.200. The highest BCUT2D eigenvalue weighted by Gasteiger charge is 2.18. The van der Waals surface area contributed by atoms with Crippen molar-refractivity contribution in [2.45, 2.75) is 19.9 Å². The van der Waals surface area contributed by atoms with Crippen molar-refractivity contribution in [2.24, 2.45) is 0 Å². The molecule has 114 valence electrons. The summed E-state index contributed by atoms with van der Waals surface area (Å²) < 4.78 is 19.1. The van der Waals surface area contributed by atoms with E-state index in [9.17, 15) is 9.18 Å². The number of hydrogen-bond donors (Lipinski definition) is 2. The second-order valence-electron chi connectivity index (χ2n) is 5.02. The normalized spacial score (nSPS) is 12.5. The van der Waals surface area contributed by atoms with Crippen molar-refractivity contribution in [3.05, 3.63) is 56.9 Å². The first-order valence-corrected chi connectivity index (χ1v) is 7.03. The zero-order valence-electron chi connectivity index (χ0n) is 11.9. The largest absolute Gasteiger partial charge is 0.459 e. The molecule has 22 heavy (non-hydrogen) atoms. The molecule has 3 rings (SSSR count). The van der Waals surface area contributed by atoms with Crippen molar-refractivity contribution in [1.82, 2.24) is 10.2 Å². The molecule has 2 aromatic heterocycles. The molecular formula is C15H13ClFN3O2. The molecule has 2 N–H and O–H groups in total. The first-order chi connectivity index (χ1) is 10.5. The summed E-state index contributed by atoms with van der Waals surface area (Å²) >= 11 is 5.94. The number of fused-ring (bicyclic) bond motifs is 1. The van der Waals surface area contributed by atoms with Gasteiger partial charge < -0.3 is 9.73 Å². The Bertz CT molecular complexity index is 903. The predicted octanol–water partition coefficient (Wildman–Crippen LogP) is 3.79. The van der Waals surface area contributed by atoms with Gasteiger partial charge in [-0.1, -0.05) is 11.6 Å². The molecule has 1 unspecified atom stereocenters. The number of benzene rings is 1. The molecule has 0 saturated heterocycles. The highest BCUT2D eigenvalue weighted by molar-refractivity contribution is 6.32. The highest BCUT2D eigenvalue weighted by Crippen LogP contribution is 2.32. The molecule has 1 aromatic carbocycles. The molecule has 2 heterocycles. The van der Waals surface area contributed by atoms with Crippen LogP contribution in [0.2, 0.25) is 5.02 Å². The lowest BCUT2D eigenvalue weighted by molar-refractivity contribution is 0.521. The molecule has 0 radical (unpaired) electrons. The first kappa shape index (κ1) is 14.6. The molecule has 0 amide bonds. The van der Waals surface area contributed by atoms with E-state index >= 15 is 0 Å². The Morgan fingerprint density at radius 1 is 1.45 bits per heavy atom. The monoisotopic (exact) mass is 321 g/mol. The molecule has 1 atom stereocenters. The van der Waals surface area contributed by atoms with Crippen molar-refractivity contribution in [2.75, 3.05) is 5.32 Å². The summed E-state index contributed by atoms with van der Waals surface area (Å²) in [5.41, 5.74) is 1.38. The van der Waals surface area contributed by atoms with Crippen LogP contribution in [0.3, 0.4) is 0 Å². The Balaban J connectivity index is 1.98. The third kappa shape index (κ3) is 2.46. The van der Waals surface area contributed by atoms with E-state index in [2.05, 4.69) is 15.5 Å². The van der Waals surface area contributed by atoms with Gasteiger partial charge in [0.2, 0.25) is 0 Å². The van der Waals surface area contributed by atoms with Gasteiger partial charge >= 0.3 is 0 Å². The summed E-state index contributed by atoms with van der Waals surface area (Å²) in [5.74, 6) is 0.336. The van der Waals surface area contributed by atoms with Gasteiger partial charge in [-0.15, -0.1) is 0 Å². The van der Waals surface area contributed by atoms with E-state index in [4.69, 9.17) is 16.0 Å². The number of nitrogens with zero attached hydrogens (tertiary/aromatic N) is 1. The minimum atomic E-state index is -0.470. The molecule has 0 fully saturated rings. The predicted molar refractivity (Wildman–Crippen MR) is 82.8 cm³/mol. The van der Waals surface area contributed by atoms with Gasteiger partial charge in [0.05, 0.1) is 17.9 Å². The second kappa shape index (κ2) is 5.46. The molecule has 0 bridgehead atoms. The van der Waals surface area contributed by atoms with Crippen molar-refractivity contribution >= 4 is 28.3 Å². The lowest BCUT2D eigenvalue weighted by atomic mass is 10.1. The molecule has 5 nitrogen and oxygen atoms in total. The fourth-order valence-electron chi connectivity index (χ4n) is 2.41. The van der Waals surface area contributed by atoms with Crippen LogP contribution in [0.15, 0.2) is 33.6 Å². The fourth-order valence-corrected chi connectivity index (χ4v) is 2.55. The van der Waals surface area contributed by atoms with Crippen molar-refractivity contribution in [1.29, 1.82) is 0 Å². The molecule has 0 aliphatic heterocycles. The smallest absolute Gasteiger partial charge is 0.285 e. The molecule has 7 heteroatoms. The molecule has 0 aliphatic rings. The van der Waals surface area contributed by atoms with Crippen molar-refractivity contribution in [3.8, 4) is 0 Å². The number of aryl methyl sites for hydroxylation is 1. The number of H-pyrrole nitrogens is 1. The lowest BCUT2D eigenvalue weighted by Crippen LogP contribution is -2.14. The highest BCUT2D eigenvalue weighted by atomic mass is 35.5. The lowest BCUT2D eigenvalue weighted by Gasteiger charge is -2.14. The number of nitrogens with one attached hydrogen (secondary N) is 2. The van der Waals surface area contributed by atoms with E-state index in [0.29, 0.717) is 17.0 Å². The summed E-state index contributed by atoms with van der Waals surface area (Å²) in [7, 11) is 0. The average molecular weight is 322 g/mol. The van der Waals surface area contributed by atoms with Crippen LogP contribution < -0.4 is 10.9 Å². The molecule has 0 aliphatic carbocycles. The van der Waals surface area contributed by atoms with Gasteiger partial charge in [-0.25, -0.2) is 9.49 Å². The van der Waals surface area contributed by atoms with Gasteiger partial charge in [-0.3, -0.25) is 4.79 Å². The quantitative estimate of drug-likeness (QED) is 0.770. The maximum Gasteiger partial charge on any atom is 0.285 e. The van der Waals surface area contributed by atoms with Crippen LogP contribution in [0.1, 0.15) is 24.3 Å². The average Bonchev–Trinajstić information content (AvgIpc) is 2.81. The van der Waals surface area contributed by atoms with E-state index in [0.717, 1.165) is 10.9 Å². The second-order valence-corrected chi connectivity index (χ2v) is 5.40. The summed E-state index contributed by atoms with van der Waals surface area (Å²) in [6.07, 6.45) is 1.43. The van der Waals surface area contributed by atoms with E-state index in [1.807, 2.05) is 13.8 Å². The number of furan rings is 1. The summed E-state index contributed by atoms with van der Waals surface area (Å²) in [6, 6.07) is 4.11. The van der Waals surface area contributed by atoms with Crippen LogP contribution in [0.4, 0.5) is 10.1 Å². The van der Waals surface area contributed by atoms with Crippen LogP contribution >= 0.6 is 11.6 Å². The van der Waals surface area contributed by atoms with Crippen LogP contribution in [-0.2, 0) is 0 Å². The van der Waals surface area contributed by atoms with Gasteiger partial charge in [0, 0.05) is 10.9 Å². The van der Waals surface area contributed by atoms with Crippen LogP contribution in [-0.4, -0.2) is 10.2 Å². The number of hydrogen-bond acceptors (Lipinski definition) is 4. The van der Waals surface area contributed by atoms with Gasteiger partial charge in [-0.2, -0.15) is 5.10 Å². The summed E-state index contributed by atoms with van der Waals surface area (Å²) in [6.45, 7) is 3.72. The van der Waals surface area contributed by atoms with Crippen molar-refractivity contribution < 1.29 is 8.81 Å². The molecule has 0 saturated carbocycles. The summed E-state index contributed by atoms with van der Waals surface area (Å²) in [4.78, 5) is 11.4. The molecule has 0 spiro atoms. The number of anilines is 1. The Hall–Kier alpha value is -2.34. The maximum atomic E-state index is 13.3. The Kier molecular flexibility index (Phi) is 3.62. The maximum absolute atomic E-state index is 13.3. The van der Waals surface area contributed by atoms with Crippen LogP contribution in [0, 0.1) is 12.7 Å². The number of rotatable bonds is 3. The van der Waals surface area contributed by atoms with E-state index in [1.165, 1.54) is 18.3 Å². The van der Waals surface area contributed by atoms with Gasteiger partial charge in [-0.05, 0) is 32.0 Å². The number of aromatic nitrogens is 2. The van der Waals surface area contributed by atoms with Crippen LogP contribution in [0.5, 0.6) is 0 Å². The molecule has 3 aromatic rings. The zero-order valence-corrected chi connectivity index (χ0v) is 12.7. The molecular weight excluding hydrogens is 309 g/mol. The minimum absolute atomic E-state index is 0.0293. The van der Waals surface area contributed by atoms with E-state index < -0.39 is 5.56 Å². The van der Waals surface area contributed by atoms with E-state index in [1.54, 1.807) is 6.07 Å². The Morgan fingerprint density at radius 2 is 2.23 bits per heavy atom.